The number of carbonyl (C=O) groups is 1. The normalized spacial score (nSPS) is 10.8. The summed E-state index contributed by atoms with van der Waals surface area (Å²) in [6.45, 7) is 1.92. The second-order valence-electron chi connectivity index (χ2n) is 6.58. The Bertz CT molecular complexity index is 1190. The van der Waals surface area contributed by atoms with Gasteiger partial charge >= 0.3 is 0 Å². The molecule has 0 unspecified atom stereocenters. The minimum Gasteiger partial charge on any atom is -0.497 e. The Morgan fingerprint density at radius 2 is 2.10 bits per heavy atom. The summed E-state index contributed by atoms with van der Waals surface area (Å²) in [5.41, 5.74) is 2.54. The molecule has 0 aliphatic carbocycles. The monoisotopic (exact) mass is 406 g/mol. The first-order valence-corrected chi connectivity index (χ1v) is 9.18. The summed E-state index contributed by atoms with van der Waals surface area (Å²) < 4.78 is 22.8. The van der Waals surface area contributed by atoms with Gasteiger partial charge in [-0.15, -0.1) is 5.10 Å². The highest BCUT2D eigenvalue weighted by Crippen LogP contribution is 2.18. The van der Waals surface area contributed by atoms with Gasteiger partial charge in [-0.2, -0.15) is 0 Å². The fourth-order valence-corrected chi connectivity index (χ4v) is 3.06. The van der Waals surface area contributed by atoms with Crippen molar-refractivity contribution in [3.63, 3.8) is 0 Å². The second kappa shape index (κ2) is 8.16. The molecule has 4 aromatic rings. The molecule has 0 atom stereocenters. The van der Waals surface area contributed by atoms with E-state index in [0.717, 1.165) is 5.69 Å². The first-order valence-electron chi connectivity index (χ1n) is 9.18. The van der Waals surface area contributed by atoms with Crippen LogP contribution in [0, 0.1) is 12.7 Å². The Labute approximate surface area is 171 Å². The standard InChI is InChI=1S/C21H19FN6O2/c1-14-20(25-26-28(14)16-4-3-5-17(11-16)30-2)21(29)24-12-15-6-7-19(18(22)10-15)27-9-8-23-13-27/h3-11,13H,12H2,1-2H3,(H,24,29). The molecule has 0 radical (unpaired) electrons. The van der Waals surface area contributed by atoms with Crippen LogP contribution in [0.2, 0.25) is 0 Å². The third-order valence-electron chi connectivity index (χ3n) is 4.66. The third-order valence-corrected chi connectivity index (χ3v) is 4.66. The number of hydrogen-bond donors (Lipinski definition) is 1. The average Bonchev–Trinajstić information content (AvgIpc) is 3.42. The first kappa shape index (κ1) is 19.3. The molecule has 1 amide bonds. The van der Waals surface area contributed by atoms with Crippen molar-refractivity contribution in [2.24, 2.45) is 0 Å². The lowest BCUT2D eigenvalue weighted by Gasteiger charge is -2.08. The molecular formula is C21H19FN6O2. The van der Waals surface area contributed by atoms with Gasteiger partial charge in [0.25, 0.3) is 5.91 Å². The smallest absolute Gasteiger partial charge is 0.274 e. The summed E-state index contributed by atoms with van der Waals surface area (Å²) in [5.74, 6) is -0.116. The Kier molecular flexibility index (Phi) is 5.25. The van der Waals surface area contributed by atoms with Crippen LogP contribution in [0.1, 0.15) is 21.7 Å². The molecular weight excluding hydrogens is 387 g/mol. The molecule has 152 valence electrons. The second-order valence-corrected chi connectivity index (χ2v) is 6.58. The van der Waals surface area contributed by atoms with Crippen molar-refractivity contribution < 1.29 is 13.9 Å². The number of carbonyl (C=O) groups excluding carboxylic acids is 1. The number of methoxy groups -OCH3 is 1. The number of hydrogen-bond acceptors (Lipinski definition) is 5. The molecule has 2 heterocycles. The third kappa shape index (κ3) is 3.77. The highest BCUT2D eigenvalue weighted by atomic mass is 19.1. The number of halogens is 1. The fourth-order valence-electron chi connectivity index (χ4n) is 3.06. The number of amides is 1. The topological polar surface area (TPSA) is 86.9 Å². The van der Waals surface area contributed by atoms with E-state index in [1.165, 1.54) is 12.4 Å². The summed E-state index contributed by atoms with van der Waals surface area (Å²) in [7, 11) is 1.58. The zero-order valence-corrected chi connectivity index (χ0v) is 16.4. The highest BCUT2D eigenvalue weighted by Gasteiger charge is 2.17. The number of benzene rings is 2. The molecule has 0 spiro atoms. The van der Waals surface area contributed by atoms with Gasteiger partial charge in [-0.05, 0) is 36.8 Å². The van der Waals surface area contributed by atoms with E-state index < -0.39 is 5.82 Å². The van der Waals surface area contributed by atoms with Crippen molar-refractivity contribution in [2.45, 2.75) is 13.5 Å². The maximum atomic E-state index is 14.4. The predicted molar refractivity (Wildman–Crippen MR) is 107 cm³/mol. The highest BCUT2D eigenvalue weighted by molar-refractivity contribution is 5.93. The van der Waals surface area contributed by atoms with E-state index in [9.17, 15) is 9.18 Å². The van der Waals surface area contributed by atoms with Crippen molar-refractivity contribution in [1.82, 2.24) is 29.9 Å². The maximum Gasteiger partial charge on any atom is 0.274 e. The van der Waals surface area contributed by atoms with E-state index in [2.05, 4.69) is 20.6 Å². The van der Waals surface area contributed by atoms with Gasteiger partial charge in [0, 0.05) is 25.0 Å². The molecule has 8 nitrogen and oxygen atoms in total. The quantitative estimate of drug-likeness (QED) is 0.532. The van der Waals surface area contributed by atoms with Crippen molar-refractivity contribution in [2.75, 3.05) is 7.11 Å². The van der Waals surface area contributed by atoms with Crippen LogP contribution in [0.25, 0.3) is 11.4 Å². The summed E-state index contributed by atoms with van der Waals surface area (Å²) >= 11 is 0. The molecule has 2 aromatic carbocycles. The summed E-state index contributed by atoms with van der Waals surface area (Å²) in [6.07, 6.45) is 4.76. The Morgan fingerprint density at radius 3 is 2.83 bits per heavy atom. The number of aromatic nitrogens is 5. The zero-order chi connectivity index (χ0) is 21.1. The van der Waals surface area contributed by atoms with Gasteiger partial charge in [-0.1, -0.05) is 17.3 Å². The van der Waals surface area contributed by atoms with E-state index in [1.807, 2.05) is 18.2 Å². The largest absolute Gasteiger partial charge is 0.497 e. The van der Waals surface area contributed by atoms with Gasteiger partial charge in [-0.3, -0.25) is 4.79 Å². The van der Waals surface area contributed by atoms with Crippen LogP contribution in [0.5, 0.6) is 5.75 Å². The van der Waals surface area contributed by atoms with Crippen molar-refractivity contribution >= 4 is 5.91 Å². The van der Waals surface area contributed by atoms with Gasteiger partial charge < -0.3 is 14.6 Å². The van der Waals surface area contributed by atoms with Crippen LogP contribution < -0.4 is 10.1 Å². The van der Waals surface area contributed by atoms with E-state index in [0.29, 0.717) is 22.7 Å². The predicted octanol–water partition coefficient (Wildman–Crippen LogP) is 2.84. The summed E-state index contributed by atoms with van der Waals surface area (Å²) in [6, 6.07) is 12.1. The Hall–Kier alpha value is -4.01. The first-order chi connectivity index (χ1) is 14.6. The maximum absolute atomic E-state index is 14.4. The van der Waals surface area contributed by atoms with Gasteiger partial charge in [-0.25, -0.2) is 14.1 Å². The molecule has 0 fully saturated rings. The van der Waals surface area contributed by atoms with Crippen LogP contribution >= 0.6 is 0 Å². The van der Waals surface area contributed by atoms with Gasteiger partial charge in [0.2, 0.25) is 0 Å². The summed E-state index contributed by atoms with van der Waals surface area (Å²) in [5, 5.41) is 10.8. The van der Waals surface area contributed by atoms with Crippen LogP contribution in [-0.4, -0.2) is 37.6 Å². The minimum atomic E-state index is -0.403. The van der Waals surface area contributed by atoms with Gasteiger partial charge in [0.05, 0.1) is 30.5 Å². The van der Waals surface area contributed by atoms with Gasteiger partial charge in [0.15, 0.2) is 5.69 Å². The number of nitrogens with one attached hydrogen (secondary N) is 1. The molecule has 4 rings (SSSR count). The molecule has 0 aliphatic rings. The van der Waals surface area contributed by atoms with Crippen molar-refractivity contribution in [3.8, 4) is 17.1 Å². The minimum absolute atomic E-state index is 0.158. The lowest BCUT2D eigenvalue weighted by Crippen LogP contribution is -2.24. The van der Waals surface area contributed by atoms with E-state index >= 15 is 0 Å². The molecule has 2 aromatic heterocycles. The lowest BCUT2D eigenvalue weighted by atomic mass is 10.2. The average molecular weight is 406 g/mol. The van der Waals surface area contributed by atoms with E-state index in [4.69, 9.17) is 4.74 Å². The molecule has 30 heavy (non-hydrogen) atoms. The molecule has 0 saturated carbocycles. The number of imidazole rings is 1. The van der Waals surface area contributed by atoms with Crippen molar-refractivity contribution in [3.05, 3.63) is 84.0 Å². The Morgan fingerprint density at radius 1 is 1.23 bits per heavy atom. The molecule has 0 saturated heterocycles. The number of rotatable bonds is 6. The SMILES string of the molecule is COc1cccc(-n2nnc(C(=O)NCc3ccc(-n4ccnc4)c(F)c3)c2C)c1. The lowest BCUT2D eigenvalue weighted by molar-refractivity contribution is 0.0945. The van der Waals surface area contributed by atoms with Crippen LogP contribution in [-0.2, 0) is 6.54 Å². The molecule has 0 aliphatic heterocycles. The summed E-state index contributed by atoms with van der Waals surface area (Å²) in [4.78, 5) is 16.5. The fraction of sp³-hybridized carbons (Fsp3) is 0.143. The van der Waals surface area contributed by atoms with Crippen molar-refractivity contribution in [1.29, 1.82) is 0 Å². The van der Waals surface area contributed by atoms with Gasteiger partial charge in [0.1, 0.15) is 11.6 Å². The zero-order valence-electron chi connectivity index (χ0n) is 16.4. The van der Waals surface area contributed by atoms with Crippen LogP contribution in [0.4, 0.5) is 4.39 Å². The van der Waals surface area contributed by atoms with E-state index in [-0.39, 0.29) is 18.1 Å². The van der Waals surface area contributed by atoms with E-state index in [1.54, 1.807) is 53.9 Å². The molecule has 0 bridgehead atoms. The molecule has 1 N–H and O–H groups in total. The number of ether oxygens (including phenoxy) is 1. The Balaban J connectivity index is 1.47. The molecule has 9 heteroatoms. The van der Waals surface area contributed by atoms with Crippen LogP contribution in [0.3, 0.4) is 0 Å². The number of nitrogens with zero attached hydrogens (tertiary/aromatic N) is 5. The van der Waals surface area contributed by atoms with Crippen LogP contribution in [0.15, 0.2) is 61.2 Å².